The third kappa shape index (κ3) is 2.00. The van der Waals surface area contributed by atoms with Gasteiger partial charge in [-0.3, -0.25) is 0 Å². The molecule has 1 N–H and O–H groups in total. The van der Waals surface area contributed by atoms with Crippen molar-refractivity contribution in [3.8, 4) is 11.5 Å². The van der Waals surface area contributed by atoms with Gasteiger partial charge in [-0.25, -0.2) is 0 Å². The lowest BCUT2D eigenvalue weighted by molar-refractivity contribution is -0.0452. The Kier molecular flexibility index (Phi) is 3.12. The molecule has 5 heteroatoms. The Morgan fingerprint density at radius 3 is 2.84 bits per heavy atom. The average molecular weight is 358 g/mol. The standard InChI is InChI=1S/C20H27NO3Si/c1-21-10-9-20-13-6-7-15(22)19(20)23-18-16(24-25(2,3)4)8-5-12(17(18)20)11-14(13)21/h5-8,13-15,19,22H,9-11H2,1-4H3/t13-,14+,15-,19?,20-/m0/s1. The van der Waals surface area contributed by atoms with Crippen LogP contribution in [0.25, 0.3) is 0 Å². The highest BCUT2D eigenvalue weighted by Gasteiger charge is 2.64. The maximum atomic E-state index is 10.7. The molecule has 2 aliphatic heterocycles. The van der Waals surface area contributed by atoms with Crippen LogP contribution in [-0.2, 0) is 11.8 Å². The number of likely N-dealkylation sites (N-methyl/N-ethyl adjacent to an activating group) is 1. The van der Waals surface area contributed by atoms with Gasteiger partial charge >= 0.3 is 0 Å². The minimum atomic E-state index is -1.73. The molecule has 1 spiro atoms. The summed E-state index contributed by atoms with van der Waals surface area (Å²) in [5, 5.41) is 10.7. The molecule has 1 aromatic carbocycles. The van der Waals surface area contributed by atoms with E-state index >= 15 is 0 Å². The lowest BCUT2D eigenvalue weighted by Crippen LogP contribution is -2.64. The number of hydrogen-bond acceptors (Lipinski definition) is 4. The SMILES string of the molecule is CN1CC[C@]23c4c5ccc(O[Si](C)(C)C)c4OC2[C@@H](O)C=C[C@H]3[C@H]1C5. The first-order chi connectivity index (χ1) is 11.8. The highest BCUT2D eigenvalue weighted by Crippen LogP contribution is 2.62. The molecule has 134 valence electrons. The van der Waals surface area contributed by atoms with Gasteiger partial charge in [0.1, 0.15) is 18.0 Å². The molecule has 1 saturated heterocycles. The number of nitrogens with zero attached hydrogens (tertiary/aromatic N) is 1. The smallest absolute Gasteiger partial charge is 0.242 e. The minimum absolute atomic E-state index is 0.0902. The van der Waals surface area contributed by atoms with Crippen LogP contribution in [0.2, 0.25) is 19.6 Å². The van der Waals surface area contributed by atoms with Gasteiger partial charge in [-0.2, -0.15) is 0 Å². The van der Waals surface area contributed by atoms with Gasteiger partial charge in [0.15, 0.2) is 5.75 Å². The Morgan fingerprint density at radius 2 is 2.08 bits per heavy atom. The molecule has 4 aliphatic rings. The Labute approximate surface area is 150 Å². The van der Waals surface area contributed by atoms with Gasteiger partial charge in [-0.1, -0.05) is 18.2 Å². The van der Waals surface area contributed by atoms with Gasteiger partial charge < -0.3 is 19.2 Å². The van der Waals surface area contributed by atoms with E-state index in [-0.39, 0.29) is 11.5 Å². The second kappa shape index (κ2) is 4.90. The summed E-state index contributed by atoms with van der Waals surface area (Å²) in [6, 6.07) is 4.83. The Balaban J connectivity index is 1.73. The first-order valence-corrected chi connectivity index (χ1v) is 12.8. The van der Waals surface area contributed by atoms with Gasteiger partial charge in [0, 0.05) is 22.9 Å². The third-order valence-electron chi connectivity index (χ3n) is 6.55. The molecule has 5 atom stereocenters. The summed E-state index contributed by atoms with van der Waals surface area (Å²) in [5.41, 5.74) is 2.63. The molecule has 0 aromatic heterocycles. The van der Waals surface area contributed by atoms with Crippen molar-refractivity contribution < 1.29 is 14.3 Å². The fourth-order valence-electron chi connectivity index (χ4n) is 5.64. The highest BCUT2D eigenvalue weighted by atomic mass is 28.4. The van der Waals surface area contributed by atoms with Gasteiger partial charge in [-0.05, 0) is 57.7 Å². The van der Waals surface area contributed by atoms with Gasteiger partial charge in [-0.15, -0.1) is 0 Å². The number of piperidine rings is 1. The van der Waals surface area contributed by atoms with Crippen molar-refractivity contribution in [3.63, 3.8) is 0 Å². The van der Waals surface area contributed by atoms with E-state index in [1.807, 2.05) is 6.08 Å². The molecule has 5 rings (SSSR count). The Morgan fingerprint density at radius 1 is 1.28 bits per heavy atom. The number of rotatable bonds is 2. The molecule has 0 amide bonds. The zero-order chi connectivity index (χ0) is 17.6. The van der Waals surface area contributed by atoms with Gasteiger partial charge in [0.05, 0.1) is 0 Å². The van der Waals surface area contributed by atoms with Gasteiger partial charge in [0.25, 0.3) is 0 Å². The second-order valence-corrected chi connectivity index (χ2v) is 13.6. The number of aliphatic hydroxyl groups is 1. The molecule has 25 heavy (non-hydrogen) atoms. The molecule has 2 bridgehead atoms. The van der Waals surface area contributed by atoms with Crippen LogP contribution >= 0.6 is 0 Å². The molecule has 1 aromatic rings. The van der Waals surface area contributed by atoms with Crippen LogP contribution < -0.4 is 9.16 Å². The molecule has 2 heterocycles. The molecule has 1 fully saturated rings. The molecule has 1 unspecified atom stereocenters. The predicted molar refractivity (Wildman–Crippen MR) is 99.9 cm³/mol. The maximum Gasteiger partial charge on any atom is 0.242 e. The van der Waals surface area contributed by atoms with Crippen LogP contribution in [0.1, 0.15) is 17.5 Å². The number of aliphatic hydroxyl groups excluding tert-OH is 1. The zero-order valence-electron chi connectivity index (χ0n) is 15.5. The van der Waals surface area contributed by atoms with Crippen LogP contribution in [0, 0.1) is 5.92 Å². The maximum absolute atomic E-state index is 10.7. The quantitative estimate of drug-likeness (QED) is 0.653. The van der Waals surface area contributed by atoms with Crippen LogP contribution in [0.4, 0.5) is 0 Å². The van der Waals surface area contributed by atoms with E-state index in [9.17, 15) is 5.11 Å². The fourth-order valence-corrected chi connectivity index (χ4v) is 6.46. The Hall–Kier alpha value is -1.30. The van der Waals surface area contributed by atoms with E-state index in [0.717, 1.165) is 30.9 Å². The van der Waals surface area contributed by atoms with E-state index in [1.165, 1.54) is 11.1 Å². The largest absolute Gasteiger partial charge is 0.542 e. The summed E-state index contributed by atoms with van der Waals surface area (Å²) in [4.78, 5) is 2.49. The van der Waals surface area contributed by atoms with E-state index in [4.69, 9.17) is 9.16 Å². The highest BCUT2D eigenvalue weighted by molar-refractivity contribution is 6.70. The van der Waals surface area contributed by atoms with E-state index in [0.29, 0.717) is 12.0 Å². The van der Waals surface area contributed by atoms with E-state index < -0.39 is 14.4 Å². The molecule has 2 aliphatic carbocycles. The minimum Gasteiger partial charge on any atom is -0.542 e. The molecular weight excluding hydrogens is 330 g/mol. The summed E-state index contributed by atoms with van der Waals surface area (Å²) in [6.07, 6.45) is 5.57. The van der Waals surface area contributed by atoms with Gasteiger partial charge in [0.2, 0.25) is 8.32 Å². The number of ether oxygens (including phenoxy) is 1. The van der Waals surface area contributed by atoms with Crippen molar-refractivity contribution in [2.24, 2.45) is 5.92 Å². The average Bonchev–Trinajstić information content (AvgIpc) is 2.88. The summed E-state index contributed by atoms with van der Waals surface area (Å²) < 4.78 is 12.8. The molecule has 0 radical (unpaired) electrons. The van der Waals surface area contributed by atoms with Crippen molar-refractivity contribution in [2.75, 3.05) is 13.6 Å². The van der Waals surface area contributed by atoms with Crippen LogP contribution in [0.15, 0.2) is 24.3 Å². The monoisotopic (exact) mass is 357 g/mol. The van der Waals surface area contributed by atoms with E-state index in [2.05, 4.69) is 49.8 Å². The van der Waals surface area contributed by atoms with Crippen molar-refractivity contribution >= 4 is 8.32 Å². The second-order valence-electron chi connectivity index (χ2n) is 9.12. The summed E-state index contributed by atoms with van der Waals surface area (Å²) in [5.74, 6) is 2.21. The summed E-state index contributed by atoms with van der Waals surface area (Å²) >= 11 is 0. The van der Waals surface area contributed by atoms with Crippen molar-refractivity contribution in [2.45, 2.75) is 56.1 Å². The summed E-state index contributed by atoms with van der Waals surface area (Å²) in [7, 11) is 0.498. The van der Waals surface area contributed by atoms with Crippen molar-refractivity contribution in [1.29, 1.82) is 0 Å². The van der Waals surface area contributed by atoms with Crippen molar-refractivity contribution in [3.05, 3.63) is 35.4 Å². The zero-order valence-corrected chi connectivity index (χ0v) is 16.5. The number of likely N-dealkylation sites (tertiary alicyclic amines) is 1. The Bertz CT molecular complexity index is 771. The molecular formula is C20H27NO3Si. The molecule has 0 saturated carbocycles. The number of hydrogen-bond donors (Lipinski definition) is 1. The predicted octanol–water partition coefficient (Wildman–Crippen LogP) is 2.71. The first kappa shape index (κ1) is 15.9. The summed E-state index contributed by atoms with van der Waals surface area (Å²) in [6.45, 7) is 7.65. The van der Waals surface area contributed by atoms with Crippen molar-refractivity contribution in [1.82, 2.24) is 4.90 Å². The van der Waals surface area contributed by atoms with Crippen LogP contribution in [0.3, 0.4) is 0 Å². The molecule has 4 nitrogen and oxygen atoms in total. The van der Waals surface area contributed by atoms with Crippen LogP contribution in [0.5, 0.6) is 11.5 Å². The third-order valence-corrected chi connectivity index (χ3v) is 7.38. The normalized spacial score (nSPS) is 38.3. The van der Waals surface area contributed by atoms with Crippen LogP contribution in [-0.4, -0.2) is 50.2 Å². The van der Waals surface area contributed by atoms with E-state index in [1.54, 1.807) is 0 Å². The first-order valence-electron chi connectivity index (χ1n) is 9.40. The lowest BCUT2D eigenvalue weighted by atomic mass is 9.53. The fraction of sp³-hybridized carbons (Fsp3) is 0.600. The topological polar surface area (TPSA) is 41.9 Å². The lowest BCUT2D eigenvalue weighted by Gasteiger charge is -2.56. The number of benzene rings is 1.